The lowest BCUT2D eigenvalue weighted by Gasteiger charge is -2.61. The zero-order valence-electron chi connectivity index (χ0n) is 17.5. The van der Waals surface area contributed by atoms with Crippen molar-refractivity contribution in [3.05, 3.63) is 0 Å². The minimum Gasteiger partial charge on any atom is -0.393 e. The molecule has 0 aromatic carbocycles. The molecule has 154 valence electrons. The van der Waals surface area contributed by atoms with Crippen molar-refractivity contribution in [2.24, 2.45) is 46.2 Å². The SMILES string of the molecule is C[C@H](O)[C@H]1CC[C@H]2[C@@H]3CCC4CC(NC(=O)CN)CC[C@]4(C)[C@H]3CC[C@]12C. The molecule has 4 nitrogen and oxygen atoms in total. The highest BCUT2D eigenvalue weighted by atomic mass is 16.3. The summed E-state index contributed by atoms with van der Waals surface area (Å²) < 4.78 is 0. The second-order valence-electron chi connectivity index (χ2n) is 10.9. The zero-order valence-corrected chi connectivity index (χ0v) is 17.5. The first-order valence-corrected chi connectivity index (χ1v) is 11.5. The zero-order chi connectivity index (χ0) is 19.4. The van der Waals surface area contributed by atoms with E-state index in [1.165, 1.54) is 44.9 Å². The van der Waals surface area contributed by atoms with Crippen molar-refractivity contribution in [1.82, 2.24) is 5.32 Å². The quantitative estimate of drug-likeness (QED) is 0.706. The predicted octanol–water partition coefficient (Wildman–Crippen LogP) is 3.47. The van der Waals surface area contributed by atoms with Gasteiger partial charge in [0.1, 0.15) is 0 Å². The molecule has 4 rings (SSSR count). The maximum atomic E-state index is 11.7. The molecular weight excluding hydrogens is 336 g/mol. The molecule has 27 heavy (non-hydrogen) atoms. The van der Waals surface area contributed by atoms with Gasteiger partial charge >= 0.3 is 0 Å². The Hall–Kier alpha value is -0.610. The van der Waals surface area contributed by atoms with Crippen LogP contribution in [0.25, 0.3) is 0 Å². The van der Waals surface area contributed by atoms with Gasteiger partial charge in [-0.1, -0.05) is 13.8 Å². The third kappa shape index (κ3) is 3.06. The molecule has 4 aliphatic rings. The second kappa shape index (κ2) is 7.02. The van der Waals surface area contributed by atoms with E-state index >= 15 is 0 Å². The molecule has 0 aromatic heterocycles. The van der Waals surface area contributed by atoms with Gasteiger partial charge in [0.05, 0.1) is 12.6 Å². The maximum Gasteiger partial charge on any atom is 0.233 e. The fraction of sp³-hybridized carbons (Fsp3) is 0.957. The molecule has 4 aliphatic carbocycles. The molecule has 4 saturated carbocycles. The maximum absolute atomic E-state index is 11.7. The third-order valence-corrected chi connectivity index (χ3v) is 9.87. The minimum atomic E-state index is -0.162. The summed E-state index contributed by atoms with van der Waals surface area (Å²) in [6, 6.07) is 0.329. The van der Waals surface area contributed by atoms with Crippen LogP contribution in [0.5, 0.6) is 0 Å². The van der Waals surface area contributed by atoms with Crippen LogP contribution in [0.15, 0.2) is 0 Å². The summed E-state index contributed by atoms with van der Waals surface area (Å²) in [5, 5.41) is 13.5. The summed E-state index contributed by atoms with van der Waals surface area (Å²) in [6.07, 6.45) is 11.2. The highest BCUT2D eigenvalue weighted by Gasteiger charge is 2.60. The molecule has 0 heterocycles. The fourth-order valence-corrected chi connectivity index (χ4v) is 8.51. The van der Waals surface area contributed by atoms with Gasteiger partial charge in [-0.25, -0.2) is 0 Å². The Morgan fingerprint density at radius 3 is 2.48 bits per heavy atom. The van der Waals surface area contributed by atoms with Gasteiger partial charge in [0, 0.05) is 6.04 Å². The number of fused-ring (bicyclic) bond motifs is 5. The van der Waals surface area contributed by atoms with Gasteiger partial charge in [-0.3, -0.25) is 4.79 Å². The summed E-state index contributed by atoms with van der Waals surface area (Å²) in [7, 11) is 0. The summed E-state index contributed by atoms with van der Waals surface area (Å²) in [4.78, 5) is 11.7. The standard InChI is InChI=1S/C23H40N2O2/c1-14(26)18-6-7-19-17-5-4-15-12-16(25-21(27)13-24)8-10-22(15,2)20(17)9-11-23(18,19)3/h14-20,26H,4-13,24H2,1-3H3,(H,25,27)/t14-,15?,16?,17-,18+,19-,20-,22-,23+/m0/s1. The lowest BCUT2D eigenvalue weighted by molar-refractivity contribution is -0.128. The number of carbonyl (C=O) groups excluding carboxylic acids is 1. The highest BCUT2D eigenvalue weighted by Crippen LogP contribution is 2.67. The largest absolute Gasteiger partial charge is 0.393 e. The molecule has 0 spiro atoms. The van der Waals surface area contributed by atoms with Crippen LogP contribution in [0.4, 0.5) is 0 Å². The van der Waals surface area contributed by atoms with Crippen LogP contribution >= 0.6 is 0 Å². The molecule has 0 radical (unpaired) electrons. The van der Waals surface area contributed by atoms with Gasteiger partial charge in [0.2, 0.25) is 5.91 Å². The Morgan fingerprint density at radius 2 is 1.78 bits per heavy atom. The minimum absolute atomic E-state index is 0.000780. The number of aliphatic hydroxyl groups excluding tert-OH is 1. The first-order chi connectivity index (χ1) is 12.8. The average molecular weight is 377 g/mol. The van der Waals surface area contributed by atoms with E-state index in [2.05, 4.69) is 19.2 Å². The number of rotatable bonds is 3. The van der Waals surface area contributed by atoms with E-state index in [0.717, 1.165) is 36.5 Å². The molecule has 1 amide bonds. The van der Waals surface area contributed by atoms with Crippen LogP contribution in [-0.4, -0.2) is 29.7 Å². The van der Waals surface area contributed by atoms with Crippen LogP contribution < -0.4 is 11.1 Å². The Bertz CT molecular complexity index is 579. The van der Waals surface area contributed by atoms with E-state index < -0.39 is 0 Å². The Morgan fingerprint density at radius 1 is 1.07 bits per heavy atom. The number of aliphatic hydroxyl groups is 1. The lowest BCUT2D eigenvalue weighted by atomic mass is 9.44. The number of hydrogen-bond donors (Lipinski definition) is 3. The van der Waals surface area contributed by atoms with Crippen molar-refractivity contribution in [2.75, 3.05) is 6.54 Å². The van der Waals surface area contributed by atoms with Crippen molar-refractivity contribution in [2.45, 2.75) is 90.7 Å². The number of amides is 1. The Balaban J connectivity index is 1.50. The molecule has 2 unspecified atom stereocenters. The van der Waals surface area contributed by atoms with E-state index in [4.69, 9.17) is 5.73 Å². The molecule has 0 aromatic rings. The van der Waals surface area contributed by atoms with Crippen LogP contribution in [0, 0.1) is 40.4 Å². The summed E-state index contributed by atoms with van der Waals surface area (Å²) in [6.45, 7) is 7.18. The second-order valence-corrected chi connectivity index (χ2v) is 10.9. The topological polar surface area (TPSA) is 75.3 Å². The monoisotopic (exact) mass is 376 g/mol. The molecule has 0 aliphatic heterocycles. The van der Waals surface area contributed by atoms with E-state index in [9.17, 15) is 9.90 Å². The molecule has 0 saturated heterocycles. The van der Waals surface area contributed by atoms with E-state index in [-0.39, 0.29) is 18.6 Å². The van der Waals surface area contributed by atoms with Crippen LogP contribution in [0.2, 0.25) is 0 Å². The van der Waals surface area contributed by atoms with Crippen molar-refractivity contribution >= 4 is 5.91 Å². The van der Waals surface area contributed by atoms with Gasteiger partial charge in [-0.05, 0) is 105 Å². The fourth-order valence-electron chi connectivity index (χ4n) is 8.51. The van der Waals surface area contributed by atoms with Gasteiger partial charge in [0.25, 0.3) is 0 Å². The molecular formula is C23H40N2O2. The average Bonchev–Trinajstić information content (AvgIpc) is 2.99. The number of carbonyl (C=O) groups is 1. The molecule has 4 N–H and O–H groups in total. The van der Waals surface area contributed by atoms with Crippen LogP contribution in [0.3, 0.4) is 0 Å². The van der Waals surface area contributed by atoms with E-state index in [1.54, 1.807) is 0 Å². The molecule has 4 fully saturated rings. The highest BCUT2D eigenvalue weighted by molar-refractivity contribution is 5.78. The summed E-state index contributed by atoms with van der Waals surface area (Å²) in [5.41, 5.74) is 6.29. The van der Waals surface area contributed by atoms with Crippen molar-refractivity contribution < 1.29 is 9.90 Å². The molecule has 9 atom stereocenters. The van der Waals surface area contributed by atoms with Crippen LogP contribution in [0.1, 0.15) is 78.6 Å². The van der Waals surface area contributed by atoms with Crippen LogP contribution in [-0.2, 0) is 4.79 Å². The summed E-state index contributed by atoms with van der Waals surface area (Å²) in [5.74, 6) is 3.74. The van der Waals surface area contributed by atoms with E-state index in [0.29, 0.717) is 22.8 Å². The smallest absolute Gasteiger partial charge is 0.233 e. The van der Waals surface area contributed by atoms with Crippen molar-refractivity contribution in [1.29, 1.82) is 0 Å². The third-order valence-electron chi connectivity index (χ3n) is 9.87. The lowest BCUT2D eigenvalue weighted by Crippen LogP contribution is -2.56. The normalized spacial score (nSPS) is 50.3. The predicted molar refractivity (Wildman–Crippen MR) is 108 cm³/mol. The Labute approximate surface area is 165 Å². The van der Waals surface area contributed by atoms with Gasteiger partial charge < -0.3 is 16.2 Å². The van der Waals surface area contributed by atoms with Crippen molar-refractivity contribution in [3.8, 4) is 0 Å². The van der Waals surface area contributed by atoms with Gasteiger partial charge in [-0.2, -0.15) is 0 Å². The molecule has 0 bridgehead atoms. The first kappa shape index (κ1) is 19.7. The molecule has 4 heteroatoms. The van der Waals surface area contributed by atoms with Crippen molar-refractivity contribution in [3.63, 3.8) is 0 Å². The first-order valence-electron chi connectivity index (χ1n) is 11.5. The van der Waals surface area contributed by atoms with Gasteiger partial charge in [-0.15, -0.1) is 0 Å². The number of nitrogens with one attached hydrogen (secondary N) is 1. The van der Waals surface area contributed by atoms with E-state index in [1.807, 2.05) is 6.92 Å². The number of hydrogen-bond acceptors (Lipinski definition) is 3. The number of nitrogens with two attached hydrogens (primary N) is 1. The Kier molecular flexibility index (Phi) is 5.12. The summed E-state index contributed by atoms with van der Waals surface area (Å²) >= 11 is 0. The van der Waals surface area contributed by atoms with Gasteiger partial charge in [0.15, 0.2) is 0 Å².